The Balaban J connectivity index is 2.20. The largest absolute Gasteiger partial charge is 0.353 e. The van der Waals surface area contributed by atoms with E-state index in [4.69, 9.17) is 11.6 Å². The number of nitrogens with zero attached hydrogens (tertiary/aromatic N) is 3. The Bertz CT molecular complexity index is 843. The summed E-state index contributed by atoms with van der Waals surface area (Å²) in [6.45, 7) is 10.0. The molecule has 0 saturated heterocycles. The summed E-state index contributed by atoms with van der Waals surface area (Å²) in [6.07, 6.45) is 0. The first-order valence-electron chi connectivity index (χ1n) is 9.08. The lowest BCUT2D eigenvalue weighted by molar-refractivity contribution is -0.122. The molecule has 28 heavy (non-hydrogen) atoms. The van der Waals surface area contributed by atoms with Gasteiger partial charge in [0.15, 0.2) is 5.13 Å². The molecular formula is C20H27ClN4O2S. The zero-order chi connectivity index (χ0) is 21.0. The number of carbonyl (C=O) groups is 2. The van der Waals surface area contributed by atoms with Gasteiger partial charge in [-0.15, -0.1) is 11.3 Å². The Morgan fingerprint density at radius 1 is 1.29 bits per heavy atom. The van der Waals surface area contributed by atoms with Gasteiger partial charge in [0, 0.05) is 24.9 Å². The lowest BCUT2D eigenvalue weighted by Crippen LogP contribution is -2.38. The average molecular weight is 423 g/mol. The van der Waals surface area contributed by atoms with Crippen LogP contribution in [0.15, 0.2) is 17.5 Å². The second-order valence-corrected chi connectivity index (χ2v) is 8.53. The molecule has 2 aromatic rings. The molecule has 0 aliphatic rings. The van der Waals surface area contributed by atoms with E-state index in [0.717, 1.165) is 16.8 Å². The van der Waals surface area contributed by atoms with E-state index >= 15 is 0 Å². The molecule has 8 heteroatoms. The normalized spacial score (nSPS) is 11.2. The SMILES string of the molecule is CC(=O)N(c1nc(CN(C)CC(=O)NC(C)C)cs1)c1c(C)cc(C)cc1Cl. The summed E-state index contributed by atoms with van der Waals surface area (Å²) in [5.41, 5.74) is 3.41. The third kappa shape index (κ3) is 5.77. The number of thiazole rings is 1. The summed E-state index contributed by atoms with van der Waals surface area (Å²) < 4.78 is 0. The van der Waals surface area contributed by atoms with Crippen molar-refractivity contribution < 1.29 is 9.59 Å². The molecule has 0 unspecified atom stereocenters. The highest BCUT2D eigenvalue weighted by Crippen LogP contribution is 2.37. The van der Waals surface area contributed by atoms with Gasteiger partial charge in [0.25, 0.3) is 0 Å². The molecule has 0 saturated carbocycles. The molecule has 0 aliphatic carbocycles. The van der Waals surface area contributed by atoms with Crippen LogP contribution in [0.4, 0.5) is 10.8 Å². The van der Waals surface area contributed by atoms with Crippen LogP contribution in [-0.4, -0.2) is 41.3 Å². The third-order valence-electron chi connectivity index (χ3n) is 3.96. The standard InChI is InChI=1S/C20H27ClN4O2S/c1-12(2)22-18(27)10-24(6)9-16-11-28-20(23-16)25(15(5)26)19-14(4)7-13(3)8-17(19)21/h7-8,11-12H,9-10H2,1-6H3,(H,22,27). The van der Waals surface area contributed by atoms with Crippen LogP contribution < -0.4 is 10.2 Å². The van der Waals surface area contributed by atoms with Gasteiger partial charge in [-0.1, -0.05) is 17.7 Å². The first-order chi connectivity index (χ1) is 13.1. The van der Waals surface area contributed by atoms with Crippen LogP contribution in [0.1, 0.15) is 37.6 Å². The highest BCUT2D eigenvalue weighted by atomic mass is 35.5. The maximum Gasteiger partial charge on any atom is 0.234 e. The first-order valence-corrected chi connectivity index (χ1v) is 10.3. The number of anilines is 2. The number of nitrogens with one attached hydrogen (secondary N) is 1. The zero-order valence-corrected chi connectivity index (χ0v) is 18.7. The van der Waals surface area contributed by atoms with E-state index in [-0.39, 0.29) is 24.4 Å². The van der Waals surface area contributed by atoms with Gasteiger partial charge in [0.05, 0.1) is 22.9 Å². The summed E-state index contributed by atoms with van der Waals surface area (Å²) in [6, 6.07) is 3.95. The van der Waals surface area contributed by atoms with Gasteiger partial charge in [0.1, 0.15) is 0 Å². The highest BCUT2D eigenvalue weighted by molar-refractivity contribution is 7.14. The lowest BCUT2D eigenvalue weighted by Gasteiger charge is -2.22. The monoisotopic (exact) mass is 422 g/mol. The summed E-state index contributed by atoms with van der Waals surface area (Å²) in [7, 11) is 1.86. The maximum atomic E-state index is 12.4. The molecule has 0 atom stereocenters. The van der Waals surface area contributed by atoms with Crippen LogP contribution in [0.3, 0.4) is 0 Å². The van der Waals surface area contributed by atoms with Gasteiger partial charge in [-0.25, -0.2) is 4.98 Å². The van der Waals surface area contributed by atoms with Crippen molar-refractivity contribution in [2.75, 3.05) is 18.5 Å². The second-order valence-electron chi connectivity index (χ2n) is 7.28. The Morgan fingerprint density at radius 3 is 2.54 bits per heavy atom. The molecule has 1 aromatic carbocycles. The Morgan fingerprint density at radius 2 is 1.96 bits per heavy atom. The van der Waals surface area contributed by atoms with Crippen molar-refractivity contribution in [3.63, 3.8) is 0 Å². The molecule has 2 rings (SSSR count). The summed E-state index contributed by atoms with van der Waals surface area (Å²) in [5, 5.41) is 5.86. The van der Waals surface area contributed by atoms with Crippen LogP contribution in [0.2, 0.25) is 5.02 Å². The quantitative estimate of drug-likeness (QED) is 0.730. The Kier molecular flexibility index (Phi) is 7.57. The average Bonchev–Trinajstić information content (AvgIpc) is 2.96. The number of hydrogen-bond acceptors (Lipinski definition) is 5. The molecule has 1 N–H and O–H groups in total. The Labute approximate surface area is 175 Å². The number of rotatable bonds is 7. The molecule has 152 valence electrons. The number of carbonyl (C=O) groups excluding carboxylic acids is 2. The molecule has 0 spiro atoms. The van der Waals surface area contributed by atoms with Crippen molar-refractivity contribution in [3.8, 4) is 0 Å². The van der Waals surface area contributed by atoms with Crippen LogP contribution in [0, 0.1) is 13.8 Å². The fourth-order valence-corrected chi connectivity index (χ4v) is 4.27. The van der Waals surface area contributed by atoms with Crippen molar-refractivity contribution in [2.45, 2.75) is 47.2 Å². The van der Waals surface area contributed by atoms with E-state index in [1.165, 1.54) is 18.3 Å². The molecule has 0 radical (unpaired) electrons. The number of aryl methyl sites for hydroxylation is 2. The minimum absolute atomic E-state index is 0.0274. The van der Waals surface area contributed by atoms with Crippen LogP contribution in [-0.2, 0) is 16.1 Å². The molecule has 0 bridgehead atoms. The van der Waals surface area contributed by atoms with Crippen molar-refractivity contribution in [1.82, 2.24) is 15.2 Å². The number of halogens is 1. The predicted octanol–water partition coefficient (Wildman–Crippen LogP) is 4.05. The number of benzene rings is 1. The predicted molar refractivity (Wildman–Crippen MR) is 115 cm³/mol. The maximum absolute atomic E-state index is 12.4. The molecule has 0 fully saturated rings. The van der Waals surface area contributed by atoms with Crippen LogP contribution in [0.25, 0.3) is 0 Å². The van der Waals surface area contributed by atoms with Crippen LogP contribution >= 0.6 is 22.9 Å². The van der Waals surface area contributed by atoms with Gasteiger partial charge in [-0.2, -0.15) is 0 Å². The van der Waals surface area contributed by atoms with E-state index in [9.17, 15) is 9.59 Å². The molecule has 6 nitrogen and oxygen atoms in total. The van der Waals surface area contributed by atoms with Crippen molar-refractivity contribution in [3.05, 3.63) is 39.4 Å². The van der Waals surface area contributed by atoms with E-state index in [1.807, 2.05) is 57.2 Å². The fraction of sp³-hybridized carbons (Fsp3) is 0.450. The topological polar surface area (TPSA) is 65.5 Å². The van der Waals surface area contributed by atoms with Crippen molar-refractivity contribution >= 4 is 45.6 Å². The van der Waals surface area contributed by atoms with Gasteiger partial charge >= 0.3 is 0 Å². The molecule has 2 amide bonds. The van der Waals surface area contributed by atoms with Crippen molar-refractivity contribution in [1.29, 1.82) is 0 Å². The number of hydrogen-bond donors (Lipinski definition) is 1. The van der Waals surface area contributed by atoms with E-state index < -0.39 is 0 Å². The number of amides is 2. The summed E-state index contributed by atoms with van der Waals surface area (Å²) >= 11 is 7.83. The fourth-order valence-electron chi connectivity index (χ4n) is 3.00. The molecule has 1 aromatic heterocycles. The Hall–Kier alpha value is -1.96. The zero-order valence-electron chi connectivity index (χ0n) is 17.2. The van der Waals surface area contributed by atoms with E-state index in [1.54, 1.807) is 4.90 Å². The summed E-state index contributed by atoms with van der Waals surface area (Å²) in [4.78, 5) is 32.3. The third-order valence-corrected chi connectivity index (χ3v) is 5.13. The second kappa shape index (κ2) is 9.49. The van der Waals surface area contributed by atoms with Crippen LogP contribution in [0.5, 0.6) is 0 Å². The number of likely N-dealkylation sites (N-methyl/N-ethyl adjacent to an activating group) is 1. The van der Waals surface area contributed by atoms with Gasteiger partial charge < -0.3 is 5.32 Å². The smallest absolute Gasteiger partial charge is 0.234 e. The van der Waals surface area contributed by atoms with E-state index in [2.05, 4.69) is 10.3 Å². The number of aromatic nitrogens is 1. The minimum Gasteiger partial charge on any atom is -0.353 e. The van der Waals surface area contributed by atoms with Crippen molar-refractivity contribution in [2.24, 2.45) is 0 Å². The molecule has 1 heterocycles. The lowest BCUT2D eigenvalue weighted by atomic mass is 10.1. The van der Waals surface area contributed by atoms with Gasteiger partial charge in [-0.05, 0) is 51.9 Å². The first kappa shape index (κ1) is 22.3. The highest BCUT2D eigenvalue weighted by Gasteiger charge is 2.23. The summed E-state index contributed by atoms with van der Waals surface area (Å²) in [5.74, 6) is -0.181. The van der Waals surface area contributed by atoms with Gasteiger partial charge in [0.2, 0.25) is 11.8 Å². The minimum atomic E-state index is -0.153. The molecule has 0 aliphatic heterocycles. The van der Waals surface area contributed by atoms with E-state index in [0.29, 0.717) is 22.4 Å². The molecular weight excluding hydrogens is 396 g/mol. The van der Waals surface area contributed by atoms with Gasteiger partial charge in [-0.3, -0.25) is 19.4 Å².